The molecule has 1 fully saturated rings. The second kappa shape index (κ2) is 10.2. The van der Waals surface area contributed by atoms with Gasteiger partial charge in [-0.25, -0.2) is 12.8 Å². The lowest BCUT2D eigenvalue weighted by molar-refractivity contribution is 0.0911. The molecule has 2 aromatic carbocycles. The summed E-state index contributed by atoms with van der Waals surface area (Å²) in [6, 6.07) is 10.1. The van der Waals surface area contributed by atoms with E-state index in [1.807, 2.05) is 0 Å². The first-order valence-electron chi connectivity index (χ1n) is 10.7. The van der Waals surface area contributed by atoms with Crippen molar-refractivity contribution in [2.24, 2.45) is 0 Å². The van der Waals surface area contributed by atoms with Crippen molar-refractivity contribution in [2.45, 2.75) is 50.5 Å². The van der Waals surface area contributed by atoms with Gasteiger partial charge in [0.05, 0.1) is 4.90 Å². The molecule has 0 spiro atoms. The predicted molar refractivity (Wildman–Crippen MR) is 120 cm³/mol. The number of nitrogens with zero attached hydrogens (tertiary/aromatic N) is 1. The predicted octanol–water partition coefficient (Wildman–Crippen LogP) is 3.93. The minimum absolute atomic E-state index is 0.0153. The number of anilines is 1. The smallest absolute Gasteiger partial charge is 0.261 e. The summed E-state index contributed by atoms with van der Waals surface area (Å²) < 4.78 is 40.9. The topological polar surface area (TPSA) is 78.5 Å². The van der Waals surface area contributed by atoms with E-state index in [4.69, 9.17) is 0 Å². The lowest BCUT2D eigenvalue weighted by Gasteiger charge is -2.32. The SMILES string of the molecule is CCCCN1CCC(NC(=O)c2ccc(NS(=O)(=O)c3ccc(F)c(C)c3)cc2)CC1. The van der Waals surface area contributed by atoms with Crippen molar-refractivity contribution < 1.29 is 17.6 Å². The fraction of sp³-hybridized carbons (Fsp3) is 0.435. The number of piperidine rings is 1. The van der Waals surface area contributed by atoms with Crippen LogP contribution in [0.3, 0.4) is 0 Å². The van der Waals surface area contributed by atoms with Gasteiger partial charge in [0.25, 0.3) is 15.9 Å². The summed E-state index contributed by atoms with van der Waals surface area (Å²) in [6.45, 7) is 6.80. The number of nitrogens with one attached hydrogen (secondary N) is 2. The lowest BCUT2D eigenvalue weighted by atomic mass is 10.0. The quantitative estimate of drug-likeness (QED) is 0.643. The number of carbonyl (C=O) groups is 1. The molecule has 0 aromatic heterocycles. The molecule has 31 heavy (non-hydrogen) atoms. The number of rotatable bonds is 8. The molecule has 0 unspecified atom stereocenters. The fourth-order valence-electron chi connectivity index (χ4n) is 3.64. The summed E-state index contributed by atoms with van der Waals surface area (Å²) >= 11 is 0. The van der Waals surface area contributed by atoms with Crippen LogP contribution in [0.15, 0.2) is 47.4 Å². The highest BCUT2D eigenvalue weighted by Crippen LogP contribution is 2.19. The average Bonchev–Trinajstić information content (AvgIpc) is 2.75. The van der Waals surface area contributed by atoms with Gasteiger partial charge >= 0.3 is 0 Å². The number of likely N-dealkylation sites (tertiary alicyclic amines) is 1. The average molecular weight is 448 g/mol. The third-order valence-electron chi connectivity index (χ3n) is 5.59. The number of benzene rings is 2. The van der Waals surface area contributed by atoms with Gasteiger partial charge in [-0.2, -0.15) is 0 Å². The van der Waals surface area contributed by atoms with Crippen LogP contribution in [0.4, 0.5) is 10.1 Å². The zero-order valence-corrected chi connectivity index (χ0v) is 18.8. The highest BCUT2D eigenvalue weighted by Gasteiger charge is 2.21. The molecule has 1 aliphatic rings. The van der Waals surface area contributed by atoms with Gasteiger partial charge in [-0.05, 0) is 80.8 Å². The van der Waals surface area contributed by atoms with Crippen molar-refractivity contribution in [3.05, 3.63) is 59.4 Å². The van der Waals surface area contributed by atoms with E-state index in [9.17, 15) is 17.6 Å². The van der Waals surface area contributed by atoms with Gasteiger partial charge < -0.3 is 10.2 Å². The van der Waals surface area contributed by atoms with Gasteiger partial charge in [0.1, 0.15) is 5.82 Å². The molecule has 8 heteroatoms. The van der Waals surface area contributed by atoms with E-state index in [-0.39, 0.29) is 22.4 Å². The Morgan fingerprint density at radius 2 is 1.81 bits per heavy atom. The Kier molecular flexibility index (Phi) is 7.67. The van der Waals surface area contributed by atoms with E-state index in [0.717, 1.165) is 38.5 Å². The number of halogens is 1. The molecule has 0 radical (unpaired) electrons. The van der Waals surface area contributed by atoms with Gasteiger partial charge in [-0.1, -0.05) is 13.3 Å². The van der Waals surface area contributed by atoms with Crippen LogP contribution < -0.4 is 10.0 Å². The molecule has 0 saturated carbocycles. The molecular formula is C23H30FN3O3S. The highest BCUT2D eigenvalue weighted by molar-refractivity contribution is 7.92. The molecule has 1 amide bonds. The fourth-order valence-corrected chi connectivity index (χ4v) is 4.78. The Bertz CT molecular complexity index is 1000. The van der Waals surface area contributed by atoms with Crippen molar-refractivity contribution in [1.82, 2.24) is 10.2 Å². The summed E-state index contributed by atoms with van der Waals surface area (Å²) in [5.74, 6) is -0.614. The Morgan fingerprint density at radius 3 is 2.42 bits per heavy atom. The lowest BCUT2D eigenvalue weighted by Crippen LogP contribution is -2.44. The first-order chi connectivity index (χ1) is 14.8. The van der Waals surface area contributed by atoms with Crippen molar-refractivity contribution in [2.75, 3.05) is 24.4 Å². The Balaban J connectivity index is 1.56. The zero-order chi connectivity index (χ0) is 22.4. The van der Waals surface area contributed by atoms with Gasteiger partial charge in [-0.15, -0.1) is 0 Å². The number of hydrogen-bond acceptors (Lipinski definition) is 4. The minimum Gasteiger partial charge on any atom is -0.349 e. The maximum atomic E-state index is 13.4. The van der Waals surface area contributed by atoms with Crippen molar-refractivity contribution >= 4 is 21.6 Å². The van der Waals surface area contributed by atoms with Crippen molar-refractivity contribution in [3.63, 3.8) is 0 Å². The number of unbranched alkanes of at least 4 members (excludes halogenated alkanes) is 1. The van der Waals surface area contributed by atoms with Crippen LogP contribution in [0, 0.1) is 12.7 Å². The second-order valence-corrected chi connectivity index (χ2v) is 9.72. The van der Waals surface area contributed by atoms with Crippen LogP contribution in [0.5, 0.6) is 0 Å². The van der Waals surface area contributed by atoms with Crippen LogP contribution in [0.2, 0.25) is 0 Å². The van der Waals surface area contributed by atoms with Gasteiger partial charge in [-0.3, -0.25) is 9.52 Å². The van der Waals surface area contributed by atoms with Crippen molar-refractivity contribution in [1.29, 1.82) is 0 Å². The maximum absolute atomic E-state index is 13.4. The molecule has 2 aromatic rings. The van der Waals surface area contributed by atoms with Gasteiger partial charge in [0.15, 0.2) is 0 Å². The number of aryl methyl sites for hydroxylation is 1. The summed E-state index contributed by atoms with van der Waals surface area (Å²) in [5, 5.41) is 3.08. The molecule has 0 bridgehead atoms. The van der Waals surface area contributed by atoms with E-state index in [0.29, 0.717) is 11.3 Å². The van der Waals surface area contributed by atoms with Gasteiger partial charge in [0, 0.05) is 30.4 Å². The first-order valence-corrected chi connectivity index (χ1v) is 12.2. The molecule has 1 aliphatic heterocycles. The van der Waals surface area contributed by atoms with Crippen LogP contribution >= 0.6 is 0 Å². The van der Waals surface area contributed by atoms with E-state index in [2.05, 4.69) is 21.9 Å². The Morgan fingerprint density at radius 1 is 1.13 bits per heavy atom. The molecule has 0 aliphatic carbocycles. The van der Waals surface area contributed by atoms with E-state index >= 15 is 0 Å². The molecule has 168 valence electrons. The first kappa shape index (κ1) is 23.2. The van der Waals surface area contributed by atoms with Crippen molar-refractivity contribution in [3.8, 4) is 0 Å². The monoisotopic (exact) mass is 447 g/mol. The zero-order valence-electron chi connectivity index (χ0n) is 18.0. The highest BCUT2D eigenvalue weighted by atomic mass is 32.2. The number of sulfonamides is 1. The van der Waals surface area contributed by atoms with Gasteiger partial charge in [0.2, 0.25) is 0 Å². The molecule has 3 rings (SSSR count). The standard InChI is InChI=1S/C23H30FN3O3S/c1-3-4-13-27-14-11-19(12-15-27)25-23(28)18-5-7-20(8-6-18)26-31(29,30)21-9-10-22(24)17(2)16-21/h5-10,16,19,26H,3-4,11-15H2,1-2H3,(H,25,28). The molecule has 2 N–H and O–H groups in total. The Labute approximate surface area is 183 Å². The largest absolute Gasteiger partial charge is 0.349 e. The number of amides is 1. The van der Waals surface area contributed by atoms with E-state index < -0.39 is 15.8 Å². The molecule has 1 saturated heterocycles. The molecule has 1 heterocycles. The minimum atomic E-state index is -3.84. The summed E-state index contributed by atoms with van der Waals surface area (Å²) in [7, 11) is -3.84. The van der Waals surface area contributed by atoms with Crippen LogP contribution in [0.1, 0.15) is 48.5 Å². The third kappa shape index (κ3) is 6.27. The van der Waals surface area contributed by atoms with Crippen LogP contribution in [-0.4, -0.2) is 44.9 Å². The molecular weight excluding hydrogens is 417 g/mol. The van der Waals surface area contributed by atoms with E-state index in [1.54, 1.807) is 24.3 Å². The third-order valence-corrected chi connectivity index (χ3v) is 6.97. The van der Waals surface area contributed by atoms with Crippen LogP contribution in [-0.2, 0) is 10.0 Å². The number of hydrogen-bond donors (Lipinski definition) is 2. The Hall–Kier alpha value is -2.45. The molecule has 0 atom stereocenters. The normalized spacial score (nSPS) is 15.6. The van der Waals surface area contributed by atoms with E-state index in [1.165, 1.54) is 31.9 Å². The summed E-state index contributed by atoms with van der Waals surface area (Å²) in [6.07, 6.45) is 4.26. The second-order valence-electron chi connectivity index (χ2n) is 8.04. The summed E-state index contributed by atoms with van der Waals surface area (Å²) in [4.78, 5) is 15.0. The summed E-state index contributed by atoms with van der Waals surface area (Å²) in [5.41, 5.74) is 1.07. The van der Waals surface area contributed by atoms with Crippen LogP contribution in [0.25, 0.3) is 0 Å². The number of carbonyl (C=O) groups excluding carboxylic acids is 1. The molecule has 6 nitrogen and oxygen atoms in total. The maximum Gasteiger partial charge on any atom is 0.261 e.